The molecule has 1 fully saturated rings. The molecule has 0 saturated heterocycles. The lowest BCUT2D eigenvalue weighted by molar-refractivity contribution is 0.629. The molecule has 0 aliphatic heterocycles. The van der Waals surface area contributed by atoms with Gasteiger partial charge in [-0.1, -0.05) is 25.2 Å². The van der Waals surface area contributed by atoms with Gasteiger partial charge in [-0.2, -0.15) is 0 Å². The molecule has 1 aromatic heterocycles. The van der Waals surface area contributed by atoms with E-state index in [4.69, 9.17) is 0 Å². The molecule has 1 aliphatic rings. The van der Waals surface area contributed by atoms with E-state index >= 15 is 0 Å². The minimum absolute atomic E-state index is 0.0702. The van der Waals surface area contributed by atoms with Crippen LogP contribution in [-0.4, -0.2) is 4.98 Å². The number of rotatable bonds is 3. The van der Waals surface area contributed by atoms with Crippen LogP contribution >= 0.6 is 0 Å². The Kier molecular flexibility index (Phi) is 3.79. The number of pyridine rings is 1. The van der Waals surface area contributed by atoms with Crippen LogP contribution in [0.15, 0.2) is 23.0 Å². The second-order valence-corrected chi connectivity index (χ2v) is 5.62. The van der Waals surface area contributed by atoms with E-state index in [1.54, 1.807) is 6.07 Å². The van der Waals surface area contributed by atoms with E-state index in [-0.39, 0.29) is 11.4 Å². The summed E-state index contributed by atoms with van der Waals surface area (Å²) in [4.78, 5) is 15.1. The molecule has 3 rings (SSSR count). The fourth-order valence-corrected chi connectivity index (χ4v) is 2.60. The number of fused-ring (bicyclic) bond motifs is 1. The first kappa shape index (κ1) is 13.9. The average molecular weight is 283 g/mol. The topological polar surface area (TPSA) is 32.9 Å². The maximum absolute atomic E-state index is 13.6. The Labute approximate surface area is 123 Å². The lowest BCUT2D eigenvalue weighted by Crippen LogP contribution is -2.16. The maximum atomic E-state index is 13.6. The van der Waals surface area contributed by atoms with E-state index in [0.29, 0.717) is 24.3 Å². The van der Waals surface area contributed by atoms with Crippen LogP contribution in [0, 0.1) is 23.6 Å². The number of benzene rings is 1. The Balaban J connectivity index is 2.14. The fourth-order valence-electron chi connectivity index (χ4n) is 2.60. The molecular formula is C18H18FNO. The van der Waals surface area contributed by atoms with Crippen molar-refractivity contribution >= 4 is 10.9 Å². The number of aromatic amines is 1. The highest BCUT2D eigenvalue weighted by molar-refractivity contribution is 5.83. The van der Waals surface area contributed by atoms with E-state index in [2.05, 4.69) is 16.8 Å². The molecule has 1 saturated carbocycles. The summed E-state index contributed by atoms with van der Waals surface area (Å²) in [5.74, 6) is 6.64. The molecule has 0 atom stereocenters. The van der Waals surface area contributed by atoms with Gasteiger partial charge in [-0.3, -0.25) is 4.79 Å². The van der Waals surface area contributed by atoms with Crippen molar-refractivity contribution in [2.24, 2.45) is 5.92 Å². The van der Waals surface area contributed by atoms with E-state index in [1.165, 1.54) is 25.0 Å². The van der Waals surface area contributed by atoms with Gasteiger partial charge in [0.25, 0.3) is 5.56 Å². The van der Waals surface area contributed by atoms with Crippen LogP contribution in [-0.2, 0) is 12.8 Å². The van der Waals surface area contributed by atoms with Crippen LogP contribution in [0.4, 0.5) is 4.39 Å². The van der Waals surface area contributed by atoms with E-state index in [9.17, 15) is 9.18 Å². The van der Waals surface area contributed by atoms with Gasteiger partial charge in [-0.05, 0) is 43.0 Å². The zero-order valence-corrected chi connectivity index (χ0v) is 12.1. The summed E-state index contributed by atoms with van der Waals surface area (Å²) in [5.41, 5.74) is 2.26. The van der Waals surface area contributed by atoms with Crippen molar-refractivity contribution in [1.29, 1.82) is 0 Å². The largest absolute Gasteiger partial charge is 0.322 e. The Hall–Kier alpha value is -2.08. The van der Waals surface area contributed by atoms with Crippen molar-refractivity contribution in [3.05, 3.63) is 45.5 Å². The summed E-state index contributed by atoms with van der Waals surface area (Å²) in [6.07, 6.45) is 4.46. The van der Waals surface area contributed by atoms with Crippen LogP contribution in [0.2, 0.25) is 0 Å². The Bertz CT molecular complexity index is 790. The molecule has 2 nitrogen and oxygen atoms in total. The van der Waals surface area contributed by atoms with Crippen LogP contribution in [0.25, 0.3) is 10.9 Å². The van der Waals surface area contributed by atoms with E-state index in [1.807, 2.05) is 6.92 Å². The predicted octanol–water partition coefficient (Wildman–Crippen LogP) is 3.58. The number of hydrogen-bond donors (Lipinski definition) is 1. The highest BCUT2D eigenvalue weighted by Crippen LogP contribution is 2.27. The molecule has 0 unspecified atom stereocenters. The van der Waals surface area contributed by atoms with Gasteiger partial charge in [0.15, 0.2) is 0 Å². The van der Waals surface area contributed by atoms with Crippen LogP contribution in [0.3, 0.4) is 0 Å². The number of hydrogen-bond acceptors (Lipinski definition) is 1. The van der Waals surface area contributed by atoms with Crippen LogP contribution in [0.5, 0.6) is 0 Å². The van der Waals surface area contributed by atoms with Crippen molar-refractivity contribution < 1.29 is 4.39 Å². The number of H-pyrrole nitrogens is 1. The molecule has 0 amide bonds. The van der Waals surface area contributed by atoms with Gasteiger partial charge in [0.1, 0.15) is 5.82 Å². The summed E-state index contributed by atoms with van der Waals surface area (Å²) in [5, 5.41) is 0.781. The first-order valence-corrected chi connectivity index (χ1v) is 7.50. The summed E-state index contributed by atoms with van der Waals surface area (Å²) in [7, 11) is 0. The summed E-state index contributed by atoms with van der Waals surface area (Å²) in [6.45, 7) is 2.04. The molecule has 0 spiro atoms. The molecule has 21 heavy (non-hydrogen) atoms. The van der Waals surface area contributed by atoms with Crippen molar-refractivity contribution in [3.63, 3.8) is 0 Å². The van der Waals surface area contributed by atoms with Gasteiger partial charge in [0.05, 0.1) is 0 Å². The quantitative estimate of drug-likeness (QED) is 0.858. The van der Waals surface area contributed by atoms with Crippen LogP contribution in [0.1, 0.15) is 37.3 Å². The van der Waals surface area contributed by atoms with E-state index in [0.717, 1.165) is 22.9 Å². The molecule has 1 N–H and O–H groups in total. The molecule has 1 heterocycles. The number of nitrogens with one attached hydrogen (secondary N) is 1. The van der Waals surface area contributed by atoms with E-state index < -0.39 is 0 Å². The zero-order chi connectivity index (χ0) is 14.8. The second-order valence-electron chi connectivity index (χ2n) is 5.62. The standard InChI is InChI=1S/C18H18FNO/c1-2-4-15-14(6-3-5-12-7-8-12)16-11-13(19)9-10-17(16)20-18(15)21/h9-12H,2,4,6-8H2,1H3,(H,20,21). The van der Waals surface area contributed by atoms with Gasteiger partial charge < -0.3 is 4.98 Å². The van der Waals surface area contributed by atoms with Gasteiger partial charge in [-0.25, -0.2) is 4.39 Å². The molecule has 0 bridgehead atoms. The third-order valence-electron chi connectivity index (χ3n) is 3.84. The fraction of sp³-hybridized carbons (Fsp3) is 0.389. The van der Waals surface area contributed by atoms with Crippen molar-refractivity contribution in [2.45, 2.75) is 39.0 Å². The minimum atomic E-state index is -0.284. The Morgan fingerprint density at radius 2 is 2.14 bits per heavy atom. The summed E-state index contributed by atoms with van der Waals surface area (Å²) in [6, 6.07) is 4.50. The lowest BCUT2D eigenvalue weighted by Gasteiger charge is -2.10. The third kappa shape index (κ3) is 3.00. The SMILES string of the molecule is CCCc1c(CC#CC2CC2)c2cc(F)ccc2[nH]c1=O. The minimum Gasteiger partial charge on any atom is -0.322 e. The van der Waals surface area contributed by atoms with Gasteiger partial charge in [-0.15, -0.1) is 0 Å². The number of aromatic nitrogens is 1. The smallest absolute Gasteiger partial charge is 0.251 e. The molecule has 2 aromatic rings. The van der Waals surface area contributed by atoms with Crippen molar-refractivity contribution in [3.8, 4) is 11.8 Å². The summed E-state index contributed by atoms with van der Waals surface area (Å²) >= 11 is 0. The van der Waals surface area contributed by atoms with Crippen molar-refractivity contribution in [1.82, 2.24) is 4.98 Å². The Morgan fingerprint density at radius 3 is 2.86 bits per heavy atom. The average Bonchev–Trinajstić information content (AvgIpc) is 3.27. The first-order valence-electron chi connectivity index (χ1n) is 7.50. The van der Waals surface area contributed by atoms with Gasteiger partial charge in [0.2, 0.25) is 0 Å². The van der Waals surface area contributed by atoms with Crippen LogP contribution < -0.4 is 5.56 Å². The summed E-state index contributed by atoms with van der Waals surface area (Å²) < 4.78 is 13.6. The lowest BCUT2D eigenvalue weighted by atomic mass is 9.97. The highest BCUT2D eigenvalue weighted by atomic mass is 19.1. The molecule has 0 radical (unpaired) electrons. The molecule has 1 aliphatic carbocycles. The highest BCUT2D eigenvalue weighted by Gasteiger charge is 2.18. The molecule has 108 valence electrons. The predicted molar refractivity (Wildman–Crippen MR) is 82.7 cm³/mol. The molecule has 3 heteroatoms. The van der Waals surface area contributed by atoms with Crippen molar-refractivity contribution in [2.75, 3.05) is 0 Å². The number of halogens is 1. The molecule has 1 aromatic carbocycles. The Morgan fingerprint density at radius 1 is 1.33 bits per heavy atom. The van der Waals surface area contributed by atoms with Gasteiger partial charge >= 0.3 is 0 Å². The third-order valence-corrected chi connectivity index (χ3v) is 3.84. The molecular weight excluding hydrogens is 265 g/mol. The first-order chi connectivity index (χ1) is 10.2. The monoisotopic (exact) mass is 283 g/mol. The second kappa shape index (κ2) is 5.73. The normalized spacial score (nSPS) is 14.0. The zero-order valence-electron chi connectivity index (χ0n) is 12.1. The maximum Gasteiger partial charge on any atom is 0.251 e. The van der Waals surface area contributed by atoms with Gasteiger partial charge in [0, 0.05) is 28.8 Å².